The molecule has 0 unspecified atom stereocenters. The van der Waals surface area contributed by atoms with E-state index in [1.54, 1.807) is 12.1 Å². The van der Waals surface area contributed by atoms with Gasteiger partial charge in [0, 0.05) is 14.6 Å². The summed E-state index contributed by atoms with van der Waals surface area (Å²) in [5, 5.41) is 12.4. The van der Waals surface area contributed by atoms with E-state index in [0.717, 1.165) is 42.5 Å². The zero-order valence-corrected chi connectivity index (χ0v) is 21.2. The summed E-state index contributed by atoms with van der Waals surface area (Å²) >= 11 is 6.84. The van der Waals surface area contributed by atoms with Gasteiger partial charge in [-0.1, -0.05) is 44.0 Å². The van der Waals surface area contributed by atoms with Crippen LogP contribution in [0.3, 0.4) is 0 Å². The number of aryl methyl sites for hydroxylation is 3. The molecule has 0 atom stereocenters. The number of carbonyl (C=O) groups excluding carboxylic acids is 1. The molecule has 0 saturated carbocycles. The molecule has 1 amide bonds. The fraction of sp³-hybridized carbons (Fsp3) is 0.154. The van der Waals surface area contributed by atoms with Crippen LogP contribution in [0.15, 0.2) is 69.1 Å². The van der Waals surface area contributed by atoms with Crippen LogP contribution in [0.2, 0.25) is 0 Å². The Morgan fingerprint density at radius 1 is 0.969 bits per heavy atom. The van der Waals surface area contributed by atoms with Crippen molar-refractivity contribution in [3.8, 4) is 11.8 Å². The molecule has 0 fully saturated rings. The van der Waals surface area contributed by atoms with Crippen molar-refractivity contribution in [3.63, 3.8) is 0 Å². The first-order chi connectivity index (χ1) is 15.3. The molecule has 0 aliphatic carbocycles. The van der Waals surface area contributed by atoms with Gasteiger partial charge in [-0.2, -0.15) is 5.26 Å². The zero-order valence-electron chi connectivity index (χ0n) is 18.0. The number of rotatable bonds is 6. The lowest BCUT2D eigenvalue weighted by Crippen LogP contribution is -2.14. The van der Waals surface area contributed by atoms with Crippen LogP contribution >= 0.6 is 31.9 Å². The molecule has 0 aliphatic rings. The fourth-order valence-corrected chi connectivity index (χ4v) is 4.04. The van der Waals surface area contributed by atoms with Gasteiger partial charge in [-0.05, 0) is 97.1 Å². The Morgan fingerprint density at radius 2 is 1.59 bits per heavy atom. The minimum absolute atomic E-state index is 0.0367. The summed E-state index contributed by atoms with van der Waals surface area (Å²) < 4.78 is 8.00. The predicted molar refractivity (Wildman–Crippen MR) is 135 cm³/mol. The molecule has 4 nitrogen and oxygen atoms in total. The van der Waals surface area contributed by atoms with Crippen molar-refractivity contribution in [2.75, 3.05) is 5.32 Å². The second-order valence-electron chi connectivity index (χ2n) is 7.48. The van der Waals surface area contributed by atoms with Gasteiger partial charge in [-0.15, -0.1) is 0 Å². The molecule has 0 radical (unpaired) electrons. The quantitative estimate of drug-likeness (QED) is 0.258. The van der Waals surface area contributed by atoms with Crippen LogP contribution in [0.5, 0.6) is 5.75 Å². The summed E-state index contributed by atoms with van der Waals surface area (Å²) in [5.41, 5.74) is 5.34. The Balaban J connectivity index is 1.77. The maximum Gasteiger partial charge on any atom is 0.266 e. The van der Waals surface area contributed by atoms with E-state index >= 15 is 0 Å². The molecule has 6 heteroatoms. The average molecular weight is 554 g/mol. The lowest BCUT2D eigenvalue weighted by atomic mass is 10.0. The van der Waals surface area contributed by atoms with Crippen LogP contribution in [-0.2, 0) is 11.4 Å². The normalized spacial score (nSPS) is 11.1. The van der Waals surface area contributed by atoms with Crippen molar-refractivity contribution >= 4 is 49.5 Å². The fourth-order valence-electron chi connectivity index (χ4n) is 3.30. The largest absolute Gasteiger partial charge is 0.488 e. The number of ether oxygens (including phenoxy) is 1. The number of amides is 1. The third-order valence-corrected chi connectivity index (χ3v) is 5.91. The molecule has 0 aromatic heterocycles. The van der Waals surface area contributed by atoms with Gasteiger partial charge < -0.3 is 10.1 Å². The molecule has 3 rings (SSSR count). The zero-order chi connectivity index (χ0) is 23.3. The van der Waals surface area contributed by atoms with Crippen molar-refractivity contribution in [1.82, 2.24) is 0 Å². The minimum atomic E-state index is -0.441. The van der Waals surface area contributed by atoms with Crippen LogP contribution in [0.25, 0.3) is 6.08 Å². The number of nitrogens with zero attached hydrogens (tertiary/aromatic N) is 1. The molecule has 32 heavy (non-hydrogen) atoms. The highest BCUT2D eigenvalue weighted by molar-refractivity contribution is 9.10. The highest BCUT2D eigenvalue weighted by atomic mass is 79.9. The summed E-state index contributed by atoms with van der Waals surface area (Å²) in [6, 6.07) is 19.4. The summed E-state index contributed by atoms with van der Waals surface area (Å²) in [6.45, 7) is 6.27. The number of hydrogen-bond donors (Lipinski definition) is 1. The Labute approximate surface area is 205 Å². The maximum absolute atomic E-state index is 12.7. The average Bonchev–Trinajstić information content (AvgIpc) is 2.74. The Kier molecular flexibility index (Phi) is 7.89. The lowest BCUT2D eigenvalue weighted by molar-refractivity contribution is -0.112. The number of nitriles is 1. The molecule has 1 N–H and O–H groups in total. The first kappa shape index (κ1) is 23.8. The molecule has 162 valence electrons. The van der Waals surface area contributed by atoms with Gasteiger partial charge in [0.15, 0.2) is 0 Å². The van der Waals surface area contributed by atoms with Crippen LogP contribution in [-0.4, -0.2) is 5.91 Å². The number of anilines is 1. The number of hydrogen-bond acceptors (Lipinski definition) is 3. The molecule has 0 saturated heterocycles. The Morgan fingerprint density at radius 3 is 2.19 bits per heavy atom. The topological polar surface area (TPSA) is 62.1 Å². The first-order valence-electron chi connectivity index (χ1n) is 9.94. The van der Waals surface area contributed by atoms with Crippen molar-refractivity contribution < 1.29 is 9.53 Å². The first-order valence-corrected chi connectivity index (χ1v) is 11.5. The predicted octanol–water partition coefficient (Wildman–Crippen LogP) is 7.26. The van der Waals surface area contributed by atoms with Crippen molar-refractivity contribution in [1.29, 1.82) is 5.26 Å². The van der Waals surface area contributed by atoms with E-state index in [1.807, 2.05) is 75.4 Å². The molecule has 3 aromatic carbocycles. The van der Waals surface area contributed by atoms with Gasteiger partial charge >= 0.3 is 0 Å². The highest BCUT2D eigenvalue weighted by Crippen LogP contribution is 2.27. The second kappa shape index (κ2) is 10.6. The highest BCUT2D eigenvalue weighted by Gasteiger charge is 2.13. The number of carbonyl (C=O) groups is 1. The van der Waals surface area contributed by atoms with E-state index in [-0.39, 0.29) is 5.57 Å². The van der Waals surface area contributed by atoms with E-state index in [1.165, 1.54) is 0 Å². The van der Waals surface area contributed by atoms with Gasteiger partial charge in [0.25, 0.3) is 5.91 Å². The SMILES string of the molecule is Cc1cc(Br)ccc1NC(=O)/C(C#N)=C/c1cc(C)c(OCc2ccc(Br)cc2)c(C)c1. The molecule has 3 aromatic rings. The molecular weight excluding hydrogens is 532 g/mol. The Bertz CT molecular complexity index is 1200. The molecule has 0 spiro atoms. The summed E-state index contributed by atoms with van der Waals surface area (Å²) in [5.74, 6) is 0.363. The van der Waals surface area contributed by atoms with Gasteiger partial charge in [-0.3, -0.25) is 4.79 Å². The van der Waals surface area contributed by atoms with E-state index in [2.05, 4.69) is 37.2 Å². The number of nitrogens with one attached hydrogen (secondary N) is 1. The summed E-state index contributed by atoms with van der Waals surface area (Å²) in [7, 11) is 0. The van der Waals surface area contributed by atoms with Crippen molar-refractivity contribution in [2.45, 2.75) is 27.4 Å². The second-order valence-corrected chi connectivity index (χ2v) is 9.31. The maximum atomic E-state index is 12.7. The number of halogens is 2. The van der Waals surface area contributed by atoms with Crippen molar-refractivity contribution in [3.05, 3.63) is 96.9 Å². The van der Waals surface area contributed by atoms with Crippen LogP contribution in [0.1, 0.15) is 27.8 Å². The molecular formula is C26H22Br2N2O2. The van der Waals surface area contributed by atoms with E-state index < -0.39 is 5.91 Å². The van der Waals surface area contributed by atoms with E-state index in [9.17, 15) is 10.1 Å². The van der Waals surface area contributed by atoms with Gasteiger partial charge in [-0.25, -0.2) is 0 Å². The lowest BCUT2D eigenvalue weighted by Gasteiger charge is -2.14. The summed E-state index contributed by atoms with van der Waals surface area (Å²) in [6.07, 6.45) is 1.60. The molecule has 0 aliphatic heterocycles. The Hall–Kier alpha value is -2.88. The monoisotopic (exact) mass is 552 g/mol. The van der Waals surface area contributed by atoms with Crippen LogP contribution in [0.4, 0.5) is 5.69 Å². The third-order valence-electron chi connectivity index (χ3n) is 4.89. The number of benzene rings is 3. The van der Waals surface area contributed by atoms with Crippen molar-refractivity contribution in [2.24, 2.45) is 0 Å². The van der Waals surface area contributed by atoms with Gasteiger partial charge in [0.1, 0.15) is 24.0 Å². The third kappa shape index (κ3) is 6.09. The smallest absolute Gasteiger partial charge is 0.266 e. The standard InChI is InChI=1S/C26H22Br2N2O2/c1-16-12-23(28)8-9-24(16)30-26(31)21(14-29)13-20-10-17(2)25(18(3)11-20)32-15-19-4-6-22(27)7-5-19/h4-13H,15H2,1-3H3,(H,30,31)/b21-13+. The van der Waals surface area contributed by atoms with Gasteiger partial charge in [0.2, 0.25) is 0 Å². The summed E-state index contributed by atoms with van der Waals surface area (Å²) in [4.78, 5) is 12.7. The van der Waals surface area contributed by atoms with Gasteiger partial charge in [0.05, 0.1) is 0 Å². The van der Waals surface area contributed by atoms with E-state index in [4.69, 9.17) is 4.74 Å². The minimum Gasteiger partial charge on any atom is -0.488 e. The van der Waals surface area contributed by atoms with E-state index in [0.29, 0.717) is 12.3 Å². The molecule has 0 heterocycles. The van der Waals surface area contributed by atoms with Crippen LogP contribution in [0, 0.1) is 32.1 Å². The van der Waals surface area contributed by atoms with Crippen LogP contribution < -0.4 is 10.1 Å². The molecule has 0 bridgehead atoms.